The van der Waals surface area contributed by atoms with Gasteiger partial charge in [0.2, 0.25) is 11.8 Å². The van der Waals surface area contributed by atoms with Gasteiger partial charge in [-0.3, -0.25) is 9.59 Å². The number of unbranched alkanes of at least 4 members (excludes halogenated alkanes) is 2. The van der Waals surface area contributed by atoms with E-state index in [9.17, 15) is 24.3 Å². The second-order valence-electron chi connectivity index (χ2n) is 14.2. The first-order valence-corrected chi connectivity index (χ1v) is 18.0. The number of esters is 1. The summed E-state index contributed by atoms with van der Waals surface area (Å²) in [5.41, 5.74) is 2.31. The maximum Gasteiger partial charge on any atom is 0.407 e. The van der Waals surface area contributed by atoms with Crippen LogP contribution in [0.1, 0.15) is 77.0 Å². The molecule has 0 saturated heterocycles. The van der Waals surface area contributed by atoms with E-state index in [1.165, 1.54) is 5.56 Å². The highest BCUT2D eigenvalue weighted by Gasteiger charge is 2.34. The lowest BCUT2D eigenvalue weighted by Gasteiger charge is -2.29. The summed E-state index contributed by atoms with van der Waals surface area (Å²) in [4.78, 5) is 52.3. The number of amides is 3. The fourth-order valence-corrected chi connectivity index (χ4v) is 5.30. The van der Waals surface area contributed by atoms with Crippen molar-refractivity contribution in [2.75, 3.05) is 13.2 Å². The largest absolute Gasteiger partial charge is 0.489 e. The van der Waals surface area contributed by atoms with Crippen LogP contribution in [0.2, 0.25) is 0 Å². The Morgan fingerprint density at radius 2 is 1.35 bits per heavy atom. The summed E-state index contributed by atoms with van der Waals surface area (Å²) in [5.74, 6) is -2.14. The van der Waals surface area contributed by atoms with E-state index in [1.54, 1.807) is 34.6 Å². The summed E-state index contributed by atoms with van der Waals surface area (Å²) in [6.07, 6.45) is 2.49. The molecule has 52 heavy (non-hydrogen) atoms. The van der Waals surface area contributed by atoms with Gasteiger partial charge in [0.1, 0.15) is 36.6 Å². The number of ether oxygens (including phenoxy) is 3. The van der Waals surface area contributed by atoms with Gasteiger partial charge in [-0.05, 0) is 74.8 Å². The van der Waals surface area contributed by atoms with Gasteiger partial charge in [0.25, 0.3) is 0 Å². The topological polar surface area (TPSA) is 152 Å². The second kappa shape index (κ2) is 21.5. The average Bonchev–Trinajstić information content (AvgIpc) is 3.12. The molecule has 0 aliphatic rings. The summed E-state index contributed by atoms with van der Waals surface area (Å²) in [6.45, 7) is 8.53. The van der Waals surface area contributed by atoms with E-state index < -0.39 is 48.2 Å². The lowest BCUT2D eigenvalue weighted by atomic mass is 9.97. The van der Waals surface area contributed by atoms with Crippen LogP contribution in [0.3, 0.4) is 0 Å². The zero-order valence-corrected chi connectivity index (χ0v) is 31.1. The predicted molar refractivity (Wildman–Crippen MR) is 199 cm³/mol. The number of aryl methyl sites for hydroxylation is 1. The molecule has 3 aromatic rings. The van der Waals surface area contributed by atoms with Crippen molar-refractivity contribution in [3.63, 3.8) is 0 Å². The SMILES string of the molecule is CC(C)C(NC(=O)C(NC(=O)CCCCCc1ccc(OCc2ccccc2)cc1)C(CO)CNC(=O)OC(C)(C)C)C(=O)OCc1ccccc1. The maximum atomic E-state index is 13.7. The van der Waals surface area contributed by atoms with Gasteiger partial charge in [-0.25, -0.2) is 9.59 Å². The van der Waals surface area contributed by atoms with E-state index in [-0.39, 0.29) is 31.4 Å². The van der Waals surface area contributed by atoms with Crippen LogP contribution >= 0.6 is 0 Å². The van der Waals surface area contributed by atoms with E-state index in [2.05, 4.69) is 16.0 Å². The molecule has 0 aliphatic heterocycles. The molecule has 3 amide bonds. The third-order valence-corrected chi connectivity index (χ3v) is 8.20. The number of aliphatic hydroxyl groups is 1. The molecule has 11 heteroatoms. The third kappa shape index (κ3) is 15.6. The Morgan fingerprint density at radius 1 is 0.731 bits per heavy atom. The molecule has 0 bridgehead atoms. The highest BCUT2D eigenvalue weighted by molar-refractivity contribution is 5.91. The van der Waals surface area contributed by atoms with E-state index in [1.807, 2.05) is 84.9 Å². The van der Waals surface area contributed by atoms with Crippen LogP contribution in [0, 0.1) is 11.8 Å². The first kappa shape index (κ1) is 41.5. The number of hydrogen-bond acceptors (Lipinski definition) is 8. The minimum Gasteiger partial charge on any atom is -0.489 e. The van der Waals surface area contributed by atoms with Crippen LogP contribution in [0.4, 0.5) is 4.79 Å². The summed E-state index contributed by atoms with van der Waals surface area (Å²) in [5, 5.41) is 18.3. The molecule has 3 rings (SSSR count). The Labute approximate surface area is 307 Å². The van der Waals surface area contributed by atoms with Crippen molar-refractivity contribution in [2.45, 2.75) is 97.6 Å². The van der Waals surface area contributed by atoms with E-state index in [0.717, 1.165) is 36.1 Å². The Balaban J connectivity index is 1.55. The molecule has 11 nitrogen and oxygen atoms in total. The fourth-order valence-electron chi connectivity index (χ4n) is 5.30. The number of hydrogen-bond donors (Lipinski definition) is 4. The zero-order chi connectivity index (χ0) is 37.9. The van der Waals surface area contributed by atoms with Crippen molar-refractivity contribution in [1.82, 2.24) is 16.0 Å². The summed E-state index contributed by atoms with van der Waals surface area (Å²) < 4.78 is 16.7. The third-order valence-electron chi connectivity index (χ3n) is 8.20. The zero-order valence-electron chi connectivity index (χ0n) is 31.1. The predicted octanol–water partition coefficient (Wildman–Crippen LogP) is 5.87. The molecule has 3 atom stereocenters. The highest BCUT2D eigenvalue weighted by Crippen LogP contribution is 2.17. The average molecular weight is 718 g/mol. The van der Waals surface area contributed by atoms with E-state index in [4.69, 9.17) is 14.2 Å². The lowest BCUT2D eigenvalue weighted by molar-refractivity contribution is -0.151. The van der Waals surface area contributed by atoms with Crippen LogP contribution in [-0.2, 0) is 43.5 Å². The monoisotopic (exact) mass is 717 g/mol. The number of alkyl carbamates (subject to hydrolysis) is 1. The molecule has 0 radical (unpaired) electrons. The molecule has 0 aliphatic carbocycles. The van der Waals surface area contributed by atoms with Crippen molar-refractivity contribution in [2.24, 2.45) is 11.8 Å². The molecule has 4 N–H and O–H groups in total. The molecule has 0 saturated carbocycles. The molecule has 0 spiro atoms. The molecule has 282 valence electrons. The normalized spacial score (nSPS) is 13.0. The minimum absolute atomic E-state index is 0.0342. The van der Waals surface area contributed by atoms with Crippen LogP contribution < -0.4 is 20.7 Å². The second-order valence-corrected chi connectivity index (χ2v) is 14.2. The lowest BCUT2D eigenvalue weighted by Crippen LogP contribution is -2.58. The Morgan fingerprint density at radius 3 is 1.92 bits per heavy atom. The number of carbonyl (C=O) groups excluding carboxylic acids is 4. The van der Waals surface area contributed by atoms with Gasteiger partial charge in [-0.15, -0.1) is 0 Å². The van der Waals surface area contributed by atoms with Crippen molar-refractivity contribution in [3.05, 3.63) is 102 Å². The molecule has 0 aromatic heterocycles. The number of rotatable bonds is 20. The fraction of sp³-hybridized carbons (Fsp3) is 0.463. The number of carbonyl (C=O) groups is 4. The maximum absolute atomic E-state index is 13.7. The van der Waals surface area contributed by atoms with Crippen LogP contribution in [0.15, 0.2) is 84.9 Å². The van der Waals surface area contributed by atoms with Gasteiger partial charge in [0.15, 0.2) is 0 Å². The van der Waals surface area contributed by atoms with Crippen molar-refractivity contribution >= 4 is 23.9 Å². The van der Waals surface area contributed by atoms with Crippen LogP contribution in [-0.4, -0.2) is 59.8 Å². The Bertz CT molecular complexity index is 1530. The smallest absolute Gasteiger partial charge is 0.407 e. The number of aliphatic hydroxyl groups excluding tert-OH is 1. The molecule has 0 fully saturated rings. The van der Waals surface area contributed by atoms with Crippen molar-refractivity contribution in [3.8, 4) is 5.75 Å². The first-order valence-electron chi connectivity index (χ1n) is 18.0. The Kier molecular flexibility index (Phi) is 17.1. The van der Waals surface area contributed by atoms with Gasteiger partial charge in [-0.2, -0.15) is 0 Å². The number of benzene rings is 3. The highest BCUT2D eigenvalue weighted by atomic mass is 16.6. The Hall–Kier alpha value is -4.90. The van der Waals surface area contributed by atoms with Gasteiger partial charge in [0, 0.05) is 18.9 Å². The summed E-state index contributed by atoms with van der Waals surface area (Å²) in [7, 11) is 0. The quantitative estimate of drug-likeness (QED) is 0.0837. The van der Waals surface area contributed by atoms with Crippen molar-refractivity contribution in [1.29, 1.82) is 0 Å². The summed E-state index contributed by atoms with van der Waals surface area (Å²) in [6, 6.07) is 24.9. The minimum atomic E-state index is -1.25. The van der Waals surface area contributed by atoms with Crippen LogP contribution in [0.5, 0.6) is 5.75 Å². The summed E-state index contributed by atoms with van der Waals surface area (Å²) >= 11 is 0. The standard InChI is InChI=1S/C41H55N3O8/c1-29(2)36(39(48)51-28-32-18-12-7-13-19-32)44-38(47)37(33(26-45)25-42-40(49)52-41(3,4)5)43-35(46)20-14-8-9-15-30-21-23-34(24-22-30)50-27-31-16-10-6-11-17-31/h6-7,10-13,16-19,21-24,29,33,36-37,45H,8-9,14-15,20,25-28H2,1-5H3,(H,42,49)(H,43,46)(H,44,47). The molecule has 0 heterocycles. The molecular weight excluding hydrogens is 662 g/mol. The van der Waals surface area contributed by atoms with Crippen LogP contribution in [0.25, 0.3) is 0 Å². The molecule has 3 aromatic carbocycles. The van der Waals surface area contributed by atoms with E-state index in [0.29, 0.717) is 13.0 Å². The number of nitrogens with one attached hydrogen (secondary N) is 3. The molecular formula is C41H55N3O8. The van der Waals surface area contributed by atoms with Gasteiger partial charge in [0.05, 0.1) is 6.61 Å². The van der Waals surface area contributed by atoms with Gasteiger partial charge in [-0.1, -0.05) is 93.1 Å². The van der Waals surface area contributed by atoms with Gasteiger partial charge < -0.3 is 35.3 Å². The van der Waals surface area contributed by atoms with Gasteiger partial charge >= 0.3 is 12.1 Å². The van der Waals surface area contributed by atoms with Crippen molar-refractivity contribution < 1.29 is 38.5 Å². The first-order chi connectivity index (χ1) is 24.8. The molecule has 3 unspecified atom stereocenters. The van der Waals surface area contributed by atoms with E-state index >= 15 is 0 Å².